The second-order valence-corrected chi connectivity index (χ2v) is 5.47. The lowest BCUT2D eigenvalue weighted by atomic mass is 10.3. The molecule has 1 aromatic carbocycles. The summed E-state index contributed by atoms with van der Waals surface area (Å²) in [6.07, 6.45) is 1.68. The van der Waals surface area contributed by atoms with E-state index in [-0.39, 0.29) is 0 Å². The van der Waals surface area contributed by atoms with Crippen LogP contribution in [0, 0.1) is 6.92 Å². The number of aryl methyl sites for hydroxylation is 2. The molecule has 3 rings (SSSR count). The van der Waals surface area contributed by atoms with Gasteiger partial charge in [-0.15, -0.1) is 5.10 Å². The Balaban J connectivity index is 1.97. The van der Waals surface area contributed by atoms with Gasteiger partial charge in [-0.3, -0.25) is 4.98 Å². The van der Waals surface area contributed by atoms with Gasteiger partial charge in [-0.1, -0.05) is 29.5 Å². The highest BCUT2D eigenvalue weighted by molar-refractivity contribution is 7.16. The number of pyridine rings is 1. The van der Waals surface area contributed by atoms with Crippen LogP contribution in [0.25, 0.3) is 10.2 Å². The summed E-state index contributed by atoms with van der Waals surface area (Å²) < 4.78 is 3.25. The van der Waals surface area contributed by atoms with Gasteiger partial charge in [0.2, 0.25) is 4.80 Å². The van der Waals surface area contributed by atoms with Gasteiger partial charge in [0.1, 0.15) is 0 Å². The normalized spacial score (nSPS) is 12.6. The molecular formula is C15H14N4S. The van der Waals surface area contributed by atoms with Gasteiger partial charge in [-0.25, -0.2) is 0 Å². The Bertz CT molecular complexity index is 842. The number of nitrogens with zero attached hydrogens (tertiary/aromatic N) is 4. The average Bonchev–Trinajstić information content (AvgIpc) is 2.76. The molecule has 0 aliphatic rings. The van der Waals surface area contributed by atoms with Gasteiger partial charge in [0, 0.05) is 12.7 Å². The lowest BCUT2D eigenvalue weighted by Crippen LogP contribution is -2.08. The third kappa shape index (κ3) is 2.53. The van der Waals surface area contributed by atoms with Crippen molar-refractivity contribution in [3.8, 4) is 0 Å². The van der Waals surface area contributed by atoms with E-state index in [1.807, 2.05) is 48.9 Å². The van der Waals surface area contributed by atoms with Gasteiger partial charge in [0.25, 0.3) is 0 Å². The van der Waals surface area contributed by atoms with Crippen molar-refractivity contribution in [3.63, 3.8) is 0 Å². The molecule has 0 atom stereocenters. The van der Waals surface area contributed by atoms with Crippen molar-refractivity contribution >= 4 is 27.8 Å². The number of hydrogen-bond acceptors (Lipinski definition) is 4. The number of aromatic nitrogens is 2. The Morgan fingerprint density at radius 1 is 1.15 bits per heavy atom. The molecule has 5 heteroatoms. The summed E-state index contributed by atoms with van der Waals surface area (Å²) in [5.74, 6) is 0. The predicted molar refractivity (Wildman–Crippen MR) is 82.9 cm³/mol. The van der Waals surface area contributed by atoms with Gasteiger partial charge in [-0.05, 0) is 31.2 Å². The van der Waals surface area contributed by atoms with E-state index < -0.39 is 0 Å². The molecule has 0 aliphatic heterocycles. The lowest BCUT2D eigenvalue weighted by molar-refractivity contribution is 0.889. The van der Waals surface area contributed by atoms with E-state index in [0.717, 1.165) is 16.2 Å². The molecule has 0 saturated carbocycles. The first-order chi connectivity index (χ1) is 9.74. The number of thiazole rings is 1. The first-order valence-electron chi connectivity index (χ1n) is 6.29. The molecule has 0 amide bonds. The van der Waals surface area contributed by atoms with Gasteiger partial charge in [0.15, 0.2) is 0 Å². The van der Waals surface area contributed by atoms with Crippen molar-refractivity contribution in [2.24, 2.45) is 17.3 Å². The minimum Gasteiger partial charge on any atom is -0.318 e. The standard InChI is InChI=1S/C15H14N4S/c1-11-6-5-7-12(17-11)10-16-18-15-19(2)13-8-3-4-9-14(13)20-15/h3-10H,1-2H3. The molecule has 0 fully saturated rings. The highest BCUT2D eigenvalue weighted by Crippen LogP contribution is 2.14. The van der Waals surface area contributed by atoms with Gasteiger partial charge in [0.05, 0.1) is 22.1 Å². The minimum absolute atomic E-state index is 0.817. The van der Waals surface area contributed by atoms with E-state index >= 15 is 0 Å². The highest BCUT2D eigenvalue weighted by atomic mass is 32.1. The molecule has 3 aromatic rings. The topological polar surface area (TPSA) is 42.5 Å². The van der Waals surface area contributed by atoms with Gasteiger partial charge >= 0.3 is 0 Å². The first kappa shape index (κ1) is 12.7. The number of hydrogen-bond donors (Lipinski definition) is 0. The Kier molecular flexibility index (Phi) is 3.43. The molecule has 0 bridgehead atoms. The molecule has 0 N–H and O–H groups in total. The second kappa shape index (κ2) is 5.38. The van der Waals surface area contributed by atoms with Crippen LogP contribution in [-0.4, -0.2) is 15.8 Å². The molecule has 4 nitrogen and oxygen atoms in total. The number of rotatable bonds is 2. The van der Waals surface area contributed by atoms with Crippen LogP contribution in [0.2, 0.25) is 0 Å². The predicted octanol–water partition coefficient (Wildman–Crippen LogP) is 2.88. The summed E-state index contributed by atoms with van der Waals surface area (Å²) in [6.45, 7) is 1.96. The van der Waals surface area contributed by atoms with Crippen LogP contribution in [0.4, 0.5) is 0 Å². The van der Waals surface area contributed by atoms with Crippen LogP contribution >= 0.6 is 11.3 Å². The summed E-state index contributed by atoms with van der Waals surface area (Å²) in [4.78, 5) is 5.23. The fourth-order valence-electron chi connectivity index (χ4n) is 1.95. The van der Waals surface area contributed by atoms with Crippen molar-refractivity contribution in [3.05, 3.63) is 58.7 Å². The zero-order valence-corrected chi connectivity index (χ0v) is 12.1. The maximum atomic E-state index is 4.36. The van der Waals surface area contributed by atoms with Crippen molar-refractivity contribution in [1.29, 1.82) is 0 Å². The summed E-state index contributed by atoms with van der Waals surface area (Å²) in [5.41, 5.74) is 2.96. The van der Waals surface area contributed by atoms with Gasteiger partial charge in [-0.2, -0.15) is 5.10 Å². The molecule has 20 heavy (non-hydrogen) atoms. The summed E-state index contributed by atoms with van der Waals surface area (Å²) in [5, 5.41) is 8.42. The van der Waals surface area contributed by atoms with Crippen molar-refractivity contribution < 1.29 is 0 Å². The summed E-state index contributed by atoms with van der Waals surface area (Å²) >= 11 is 1.62. The van der Waals surface area contributed by atoms with Crippen LogP contribution in [0.5, 0.6) is 0 Å². The smallest absolute Gasteiger partial charge is 0.211 e. The minimum atomic E-state index is 0.817. The van der Waals surface area contributed by atoms with E-state index in [1.54, 1.807) is 17.6 Å². The molecule has 0 radical (unpaired) electrons. The zero-order valence-electron chi connectivity index (χ0n) is 11.3. The zero-order chi connectivity index (χ0) is 13.9. The largest absolute Gasteiger partial charge is 0.318 e. The van der Waals surface area contributed by atoms with E-state index in [0.29, 0.717) is 0 Å². The van der Waals surface area contributed by atoms with Crippen LogP contribution in [0.1, 0.15) is 11.4 Å². The Labute approximate surface area is 120 Å². The summed E-state index contributed by atoms with van der Waals surface area (Å²) in [7, 11) is 2.00. The van der Waals surface area contributed by atoms with Crippen LogP contribution in [-0.2, 0) is 7.05 Å². The van der Waals surface area contributed by atoms with Crippen LogP contribution < -0.4 is 4.80 Å². The number of fused-ring (bicyclic) bond motifs is 1. The van der Waals surface area contributed by atoms with Crippen LogP contribution in [0.15, 0.2) is 52.7 Å². The van der Waals surface area contributed by atoms with E-state index in [2.05, 4.69) is 27.3 Å². The SMILES string of the molecule is Cc1cccc(C=NN=c2sc3ccccc3n2C)n1. The molecule has 0 unspecified atom stereocenters. The number of para-hydroxylation sites is 1. The Morgan fingerprint density at radius 2 is 2.00 bits per heavy atom. The molecule has 100 valence electrons. The highest BCUT2D eigenvalue weighted by Gasteiger charge is 2.00. The molecule has 2 heterocycles. The van der Waals surface area contributed by atoms with Crippen molar-refractivity contribution in [2.75, 3.05) is 0 Å². The Morgan fingerprint density at radius 3 is 2.80 bits per heavy atom. The van der Waals surface area contributed by atoms with E-state index in [4.69, 9.17) is 0 Å². The second-order valence-electron chi connectivity index (χ2n) is 4.46. The first-order valence-corrected chi connectivity index (χ1v) is 7.11. The maximum Gasteiger partial charge on any atom is 0.211 e. The maximum absolute atomic E-state index is 4.36. The fourth-order valence-corrected chi connectivity index (χ4v) is 2.93. The monoisotopic (exact) mass is 282 g/mol. The molecule has 0 saturated heterocycles. The van der Waals surface area contributed by atoms with Gasteiger partial charge < -0.3 is 4.57 Å². The van der Waals surface area contributed by atoms with E-state index in [9.17, 15) is 0 Å². The van der Waals surface area contributed by atoms with E-state index in [1.165, 1.54) is 10.2 Å². The molecule has 0 spiro atoms. The summed E-state index contributed by atoms with van der Waals surface area (Å²) in [6, 6.07) is 14.1. The Hall–Kier alpha value is -2.27. The third-order valence-corrected chi connectivity index (χ3v) is 4.06. The van der Waals surface area contributed by atoms with Crippen LogP contribution in [0.3, 0.4) is 0 Å². The van der Waals surface area contributed by atoms with Crippen molar-refractivity contribution in [2.45, 2.75) is 6.92 Å². The third-order valence-electron chi connectivity index (χ3n) is 2.96. The molecule has 2 aromatic heterocycles. The molecular weight excluding hydrogens is 268 g/mol. The van der Waals surface area contributed by atoms with Crippen molar-refractivity contribution in [1.82, 2.24) is 9.55 Å². The lowest BCUT2D eigenvalue weighted by Gasteiger charge is -1.93. The quantitative estimate of drug-likeness (QED) is 0.526. The number of benzene rings is 1. The average molecular weight is 282 g/mol. The molecule has 0 aliphatic carbocycles. The fraction of sp³-hybridized carbons (Fsp3) is 0.133.